The average Bonchev–Trinajstić information content (AvgIpc) is 2.00. The lowest BCUT2D eigenvalue weighted by Gasteiger charge is -2.12. The van der Waals surface area contributed by atoms with Crippen LogP contribution in [-0.2, 0) is 13.7 Å². The fourth-order valence-corrected chi connectivity index (χ4v) is 1.04. The SMILES string of the molecule is CCOP(=O)(O)ONC(=N)NC(=N)N. The first kappa shape index (κ1) is 12.8. The van der Waals surface area contributed by atoms with E-state index in [0.717, 1.165) is 0 Å². The molecule has 0 aliphatic rings. The lowest BCUT2D eigenvalue weighted by molar-refractivity contribution is 0.128. The van der Waals surface area contributed by atoms with Crippen LogP contribution in [0.1, 0.15) is 6.92 Å². The van der Waals surface area contributed by atoms with Crippen LogP contribution in [0.2, 0.25) is 0 Å². The van der Waals surface area contributed by atoms with Gasteiger partial charge in [-0.1, -0.05) is 0 Å². The molecule has 0 radical (unpaired) electrons. The number of guanidine groups is 2. The Morgan fingerprint density at radius 1 is 1.64 bits per heavy atom. The molecular formula is C4H12N5O4P. The van der Waals surface area contributed by atoms with Crippen molar-refractivity contribution in [3.63, 3.8) is 0 Å². The highest BCUT2D eigenvalue weighted by atomic mass is 31.2. The predicted octanol–water partition coefficient (Wildman–Crippen LogP) is -0.938. The Kier molecular flexibility index (Phi) is 5.10. The summed E-state index contributed by atoms with van der Waals surface area (Å²) in [4.78, 5) is 8.84. The van der Waals surface area contributed by atoms with E-state index in [0.29, 0.717) is 0 Å². The van der Waals surface area contributed by atoms with Crippen molar-refractivity contribution in [1.29, 1.82) is 10.8 Å². The molecule has 0 aromatic carbocycles. The third kappa shape index (κ3) is 6.38. The molecule has 0 rings (SSSR count). The minimum absolute atomic E-state index is 0.0110. The van der Waals surface area contributed by atoms with Gasteiger partial charge in [0.15, 0.2) is 5.96 Å². The topological polar surface area (TPSA) is 154 Å². The summed E-state index contributed by atoms with van der Waals surface area (Å²) in [5.41, 5.74) is 6.62. The Morgan fingerprint density at radius 3 is 2.64 bits per heavy atom. The smallest absolute Gasteiger partial charge is 0.370 e. The second kappa shape index (κ2) is 5.55. The van der Waals surface area contributed by atoms with Crippen LogP contribution in [0.4, 0.5) is 0 Å². The number of hydrogen-bond donors (Lipinski definition) is 6. The molecule has 10 heteroatoms. The molecule has 0 aromatic rings. The summed E-state index contributed by atoms with van der Waals surface area (Å²) in [6.07, 6.45) is 0. The normalized spacial score (nSPS) is 14.1. The monoisotopic (exact) mass is 225 g/mol. The van der Waals surface area contributed by atoms with Crippen molar-refractivity contribution in [1.82, 2.24) is 10.8 Å². The maximum absolute atomic E-state index is 10.8. The molecule has 14 heavy (non-hydrogen) atoms. The fraction of sp³-hybridized carbons (Fsp3) is 0.500. The van der Waals surface area contributed by atoms with E-state index in [1.165, 1.54) is 6.92 Å². The third-order valence-corrected chi connectivity index (χ3v) is 1.72. The van der Waals surface area contributed by atoms with Gasteiger partial charge in [0, 0.05) is 0 Å². The summed E-state index contributed by atoms with van der Waals surface area (Å²) in [5.74, 6) is -1.05. The van der Waals surface area contributed by atoms with Crippen LogP contribution in [0.15, 0.2) is 0 Å². The first-order valence-electron chi connectivity index (χ1n) is 3.49. The number of rotatable bonds is 4. The average molecular weight is 225 g/mol. The molecule has 82 valence electrons. The minimum atomic E-state index is -4.19. The Labute approximate surface area is 80.2 Å². The van der Waals surface area contributed by atoms with Gasteiger partial charge in [0.1, 0.15) is 0 Å². The highest BCUT2D eigenvalue weighted by molar-refractivity contribution is 7.47. The van der Waals surface area contributed by atoms with E-state index in [4.69, 9.17) is 21.4 Å². The van der Waals surface area contributed by atoms with Crippen molar-refractivity contribution in [2.75, 3.05) is 6.61 Å². The molecule has 0 fully saturated rings. The zero-order valence-electron chi connectivity index (χ0n) is 7.40. The van der Waals surface area contributed by atoms with Gasteiger partial charge in [0.05, 0.1) is 6.61 Å². The number of phosphoric acid groups is 1. The van der Waals surface area contributed by atoms with Crippen LogP contribution in [0, 0.1) is 10.8 Å². The first-order chi connectivity index (χ1) is 6.37. The Morgan fingerprint density at radius 2 is 2.21 bits per heavy atom. The zero-order chi connectivity index (χ0) is 11.2. The largest absolute Gasteiger partial charge is 0.493 e. The van der Waals surface area contributed by atoms with Crippen LogP contribution < -0.4 is 16.5 Å². The van der Waals surface area contributed by atoms with E-state index in [9.17, 15) is 4.57 Å². The maximum Gasteiger partial charge on any atom is 0.493 e. The molecule has 0 saturated carbocycles. The van der Waals surface area contributed by atoms with Gasteiger partial charge in [0.2, 0.25) is 5.96 Å². The highest BCUT2D eigenvalue weighted by Gasteiger charge is 2.21. The molecule has 0 saturated heterocycles. The molecule has 0 heterocycles. The van der Waals surface area contributed by atoms with Gasteiger partial charge in [-0.2, -0.15) is 4.62 Å². The lowest BCUT2D eigenvalue weighted by atomic mass is 10.9. The lowest BCUT2D eigenvalue weighted by Crippen LogP contribution is -2.42. The minimum Gasteiger partial charge on any atom is -0.370 e. The molecule has 1 atom stereocenters. The molecular weight excluding hydrogens is 213 g/mol. The Hall–Kier alpha value is -1.15. The highest BCUT2D eigenvalue weighted by Crippen LogP contribution is 2.41. The molecule has 1 unspecified atom stereocenters. The second-order valence-corrected chi connectivity index (χ2v) is 3.37. The fourth-order valence-electron chi connectivity index (χ4n) is 0.453. The number of phosphoric ester groups is 1. The molecule has 0 spiro atoms. The second-order valence-electron chi connectivity index (χ2n) is 1.99. The van der Waals surface area contributed by atoms with Crippen molar-refractivity contribution < 1.29 is 18.6 Å². The first-order valence-corrected chi connectivity index (χ1v) is 4.98. The Balaban J connectivity index is 3.87. The van der Waals surface area contributed by atoms with Gasteiger partial charge < -0.3 is 10.6 Å². The van der Waals surface area contributed by atoms with Gasteiger partial charge in [-0.3, -0.25) is 20.7 Å². The standard InChI is InChI=1S/C4H12N5O4P/c1-2-12-14(10,11)13-9-4(7)8-3(5)6/h2H2,1H3,(H,10,11)(H6,5,6,7,8,9). The van der Waals surface area contributed by atoms with Crippen molar-refractivity contribution in [2.24, 2.45) is 5.73 Å². The molecule has 0 aromatic heterocycles. The van der Waals surface area contributed by atoms with E-state index < -0.39 is 19.7 Å². The molecule has 0 bridgehead atoms. The molecule has 7 N–H and O–H groups in total. The van der Waals surface area contributed by atoms with Crippen molar-refractivity contribution in [2.45, 2.75) is 6.92 Å². The number of hydrogen-bond acceptors (Lipinski definition) is 5. The van der Waals surface area contributed by atoms with Crippen LogP contribution in [-0.4, -0.2) is 23.4 Å². The van der Waals surface area contributed by atoms with Crippen molar-refractivity contribution >= 4 is 19.7 Å². The van der Waals surface area contributed by atoms with Crippen LogP contribution in [0.3, 0.4) is 0 Å². The number of nitrogens with two attached hydrogens (primary N) is 1. The molecule has 9 nitrogen and oxygen atoms in total. The summed E-state index contributed by atoms with van der Waals surface area (Å²) in [5, 5.41) is 15.7. The van der Waals surface area contributed by atoms with Gasteiger partial charge in [-0.25, -0.2) is 10.0 Å². The summed E-state index contributed by atoms with van der Waals surface area (Å²) in [6.45, 7) is 1.49. The molecule has 0 amide bonds. The van der Waals surface area contributed by atoms with E-state index in [1.54, 1.807) is 5.48 Å². The van der Waals surface area contributed by atoms with Crippen molar-refractivity contribution in [3.05, 3.63) is 0 Å². The zero-order valence-corrected chi connectivity index (χ0v) is 8.30. The van der Waals surface area contributed by atoms with Crippen LogP contribution in [0.5, 0.6) is 0 Å². The summed E-state index contributed by atoms with van der Waals surface area (Å²) in [7, 11) is -4.19. The Bertz CT molecular complexity index is 268. The van der Waals surface area contributed by atoms with Crippen LogP contribution in [0.25, 0.3) is 0 Å². The van der Waals surface area contributed by atoms with E-state index in [1.807, 2.05) is 5.32 Å². The molecule has 0 aliphatic heterocycles. The van der Waals surface area contributed by atoms with Crippen LogP contribution >= 0.6 is 7.82 Å². The van der Waals surface area contributed by atoms with Gasteiger partial charge in [-0.05, 0) is 6.92 Å². The number of nitrogens with one attached hydrogen (secondary N) is 4. The van der Waals surface area contributed by atoms with Crippen molar-refractivity contribution in [3.8, 4) is 0 Å². The quantitative estimate of drug-likeness (QED) is 0.156. The van der Waals surface area contributed by atoms with Gasteiger partial charge in [-0.15, -0.1) is 0 Å². The summed E-state index contributed by atoms with van der Waals surface area (Å²) >= 11 is 0. The van der Waals surface area contributed by atoms with E-state index >= 15 is 0 Å². The van der Waals surface area contributed by atoms with E-state index in [2.05, 4.69) is 9.15 Å². The number of hydroxylamine groups is 1. The van der Waals surface area contributed by atoms with Gasteiger partial charge >= 0.3 is 7.82 Å². The summed E-state index contributed by atoms with van der Waals surface area (Å²) in [6, 6.07) is 0. The van der Waals surface area contributed by atoms with E-state index in [-0.39, 0.29) is 6.61 Å². The third-order valence-electron chi connectivity index (χ3n) is 0.815. The van der Waals surface area contributed by atoms with Gasteiger partial charge in [0.25, 0.3) is 0 Å². The predicted molar refractivity (Wildman–Crippen MR) is 48.4 cm³/mol. The molecule has 0 aliphatic carbocycles. The summed E-state index contributed by atoms with van der Waals surface area (Å²) < 4.78 is 19.3. The maximum atomic E-state index is 10.8.